The number of aliphatic carboxylic acids is 2. The molecule has 0 unspecified atom stereocenters. The molecule has 0 aliphatic rings. The van der Waals surface area contributed by atoms with Crippen LogP contribution in [0.3, 0.4) is 0 Å². The molecule has 0 radical (unpaired) electrons. The summed E-state index contributed by atoms with van der Waals surface area (Å²) < 4.78 is 63.5. The maximum absolute atomic E-state index is 10.6. The highest BCUT2D eigenvalue weighted by atomic mass is 127. The van der Waals surface area contributed by atoms with Crippen LogP contribution in [0.1, 0.15) is 0 Å². The maximum atomic E-state index is 10.6. The first-order valence-corrected chi connectivity index (χ1v) is 2.49. The lowest BCUT2D eigenvalue weighted by atomic mass is 10.7. The van der Waals surface area contributed by atoms with Crippen molar-refractivity contribution in [3.63, 3.8) is 0 Å². The summed E-state index contributed by atoms with van der Waals surface area (Å²) in [7, 11) is 0. The van der Waals surface area contributed by atoms with Gasteiger partial charge in [0.2, 0.25) is 0 Å². The van der Waals surface area contributed by atoms with Crippen LogP contribution in [0.25, 0.3) is 0 Å². The van der Waals surface area contributed by atoms with Gasteiger partial charge in [0.25, 0.3) is 0 Å². The van der Waals surface area contributed by atoms with Crippen LogP contribution >= 0.6 is 24.0 Å². The van der Waals surface area contributed by atoms with Crippen LogP contribution in [-0.4, -0.2) is 34.5 Å². The van der Waals surface area contributed by atoms with E-state index in [1.807, 2.05) is 0 Å². The molecule has 0 fully saturated rings. The van der Waals surface area contributed by atoms with Crippen molar-refractivity contribution in [1.29, 1.82) is 0 Å². The largest absolute Gasteiger partial charge is 0.490 e. The SMILES string of the molecule is I.O=C(O)C(F)(F)F.O=C(O)C(F)(F)F. The average molecular weight is 356 g/mol. The maximum Gasteiger partial charge on any atom is 0.490 e. The summed E-state index contributed by atoms with van der Waals surface area (Å²) in [5, 5.41) is 14.2. The predicted octanol–water partition coefficient (Wildman–Crippen LogP) is 1.88. The molecule has 15 heavy (non-hydrogen) atoms. The minimum Gasteiger partial charge on any atom is -0.475 e. The van der Waals surface area contributed by atoms with E-state index in [1.54, 1.807) is 0 Å². The quantitative estimate of drug-likeness (QED) is 0.514. The molecule has 0 atom stereocenters. The van der Waals surface area contributed by atoms with E-state index in [4.69, 9.17) is 19.8 Å². The van der Waals surface area contributed by atoms with E-state index in [-0.39, 0.29) is 24.0 Å². The molecule has 0 heterocycles. The Hall–Kier alpha value is -0.750. The predicted molar refractivity (Wildman–Crippen MR) is 42.8 cm³/mol. The molecule has 0 spiro atoms. The van der Waals surface area contributed by atoms with Crippen molar-refractivity contribution in [2.75, 3.05) is 0 Å². The minimum absolute atomic E-state index is 0. The first-order chi connectivity index (χ1) is 5.89. The normalized spacial score (nSPS) is 10.5. The van der Waals surface area contributed by atoms with Crippen LogP contribution in [0.2, 0.25) is 0 Å². The van der Waals surface area contributed by atoms with Gasteiger partial charge in [0, 0.05) is 0 Å². The van der Waals surface area contributed by atoms with Gasteiger partial charge >= 0.3 is 24.3 Å². The number of carboxylic acid groups (broad SMARTS) is 2. The van der Waals surface area contributed by atoms with E-state index in [2.05, 4.69) is 0 Å². The zero-order valence-corrected chi connectivity index (χ0v) is 8.72. The number of carboxylic acids is 2. The van der Waals surface area contributed by atoms with Crippen molar-refractivity contribution in [3.8, 4) is 0 Å². The number of alkyl halides is 6. The van der Waals surface area contributed by atoms with Crippen LogP contribution in [0.4, 0.5) is 26.3 Å². The Morgan fingerprint density at radius 2 is 0.800 bits per heavy atom. The molecule has 0 saturated carbocycles. The highest BCUT2D eigenvalue weighted by Crippen LogP contribution is 2.13. The van der Waals surface area contributed by atoms with Gasteiger partial charge in [-0.05, 0) is 0 Å². The standard InChI is InChI=1S/2C2HF3O2.HI/c2*3-2(4,5)1(6)7;/h2*(H,6,7);1H. The molecule has 0 aliphatic carbocycles. The van der Waals surface area contributed by atoms with Crippen molar-refractivity contribution in [1.82, 2.24) is 0 Å². The van der Waals surface area contributed by atoms with Crippen molar-refractivity contribution in [3.05, 3.63) is 0 Å². The number of halogens is 7. The summed E-state index contributed by atoms with van der Waals surface area (Å²) in [6.45, 7) is 0. The van der Waals surface area contributed by atoms with E-state index in [0.717, 1.165) is 0 Å². The Morgan fingerprint density at radius 1 is 0.733 bits per heavy atom. The molecule has 0 saturated heterocycles. The fourth-order valence-corrected chi connectivity index (χ4v) is 0. The summed E-state index contributed by atoms with van der Waals surface area (Å²) in [4.78, 5) is 17.8. The minimum atomic E-state index is -5.08. The smallest absolute Gasteiger partial charge is 0.475 e. The molecule has 0 aliphatic heterocycles. The van der Waals surface area contributed by atoms with E-state index >= 15 is 0 Å². The number of rotatable bonds is 0. The summed E-state index contributed by atoms with van der Waals surface area (Å²) in [5.41, 5.74) is 0. The Kier molecular flexibility index (Phi) is 8.81. The molecule has 0 aromatic carbocycles. The van der Waals surface area contributed by atoms with Gasteiger partial charge < -0.3 is 10.2 Å². The molecule has 0 rings (SSSR count). The zero-order valence-electron chi connectivity index (χ0n) is 6.39. The molecule has 0 aromatic heterocycles. The molecule has 0 amide bonds. The monoisotopic (exact) mass is 356 g/mol. The highest BCUT2D eigenvalue weighted by Gasteiger charge is 2.38. The number of hydrogen-bond donors (Lipinski definition) is 2. The molecule has 2 N–H and O–H groups in total. The Morgan fingerprint density at radius 3 is 0.800 bits per heavy atom. The van der Waals surface area contributed by atoms with Crippen molar-refractivity contribution in [2.24, 2.45) is 0 Å². The molecule has 11 heteroatoms. The molecular weight excluding hydrogens is 353 g/mol. The van der Waals surface area contributed by atoms with Gasteiger partial charge in [-0.25, -0.2) is 9.59 Å². The molecule has 0 bridgehead atoms. The fourth-order valence-electron chi connectivity index (χ4n) is 0. The van der Waals surface area contributed by atoms with Gasteiger partial charge in [0.1, 0.15) is 0 Å². The topological polar surface area (TPSA) is 74.6 Å². The number of hydrogen-bond acceptors (Lipinski definition) is 2. The van der Waals surface area contributed by atoms with Gasteiger partial charge in [-0.3, -0.25) is 0 Å². The lowest BCUT2D eigenvalue weighted by molar-refractivity contribution is -0.193. The second-order valence-corrected chi connectivity index (χ2v) is 1.61. The third-order valence-corrected chi connectivity index (χ3v) is 0.485. The summed E-state index contributed by atoms with van der Waals surface area (Å²) in [6.07, 6.45) is -10.2. The van der Waals surface area contributed by atoms with Gasteiger partial charge in [-0.2, -0.15) is 26.3 Å². The average Bonchev–Trinajstić information content (AvgIpc) is 1.83. The van der Waals surface area contributed by atoms with Crippen LogP contribution in [0, 0.1) is 0 Å². The first-order valence-electron chi connectivity index (χ1n) is 2.49. The number of carbonyl (C=O) groups is 2. The summed E-state index contributed by atoms with van der Waals surface area (Å²) in [5.74, 6) is -5.51. The molecular formula is C4H3F6IO4. The lowest BCUT2D eigenvalue weighted by Crippen LogP contribution is -2.21. The van der Waals surface area contributed by atoms with Crippen LogP contribution in [0.15, 0.2) is 0 Å². The van der Waals surface area contributed by atoms with E-state index in [1.165, 1.54) is 0 Å². The van der Waals surface area contributed by atoms with Crippen LogP contribution in [-0.2, 0) is 9.59 Å². The molecule has 92 valence electrons. The third kappa shape index (κ3) is 13.2. The third-order valence-electron chi connectivity index (χ3n) is 0.485. The van der Waals surface area contributed by atoms with Crippen molar-refractivity contribution >= 4 is 35.9 Å². The van der Waals surface area contributed by atoms with Crippen LogP contribution in [0.5, 0.6) is 0 Å². The lowest BCUT2D eigenvalue weighted by Gasteiger charge is -1.93. The molecule has 0 aromatic rings. The van der Waals surface area contributed by atoms with Crippen LogP contribution < -0.4 is 0 Å². The van der Waals surface area contributed by atoms with E-state index in [9.17, 15) is 26.3 Å². The second kappa shape index (κ2) is 6.68. The van der Waals surface area contributed by atoms with Crippen molar-refractivity contribution in [2.45, 2.75) is 12.4 Å². The van der Waals surface area contributed by atoms with Gasteiger partial charge in [0.05, 0.1) is 0 Å². The molecule has 4 nitrogen and oxygen atoms in total. The Bertz CT molecular complexity index is 196. The van der Waals surface area contributed by atoms with Gasteiger partial charge in [0.15, 0.2) is 0 Å². The second-order valence-electron chi connectivity index (χ2n) is 1.61. The zero-order chi connectivity index (χ0) is 12.2. The Balaban J connectivity index is -0.000000180. The van der Waals surface area contributed by atoms with E-state index < -0.39 is 24.3 Å². The van der Waals surface area contributed by atoms with Gasteiger partial charge in [-0.1, -0.05) is 0 Å². The fraction of sp³-hybridized carbons (Fsp3) is 0.500. The van der Waals surface area contributed by atoms with E-state index in [0.29, 0.717) is 0 Å². The first kappa shape index (κ1) is 19.8. The summed E-state index contributed by atoms with van der Waals surface area (Å²) >= 11 is 0. The summed E-state index contributed by atoms with van der Waals surface area (Å²) in [6, 6.07) is 0. The highest BCUT2D eigenvalue weighted by molar-refractivity contribution is 14.0. The Labute approximate surface area is 94.9 Å². The van der Waals surface area contributed by atoms with Crippen molar-refractivity contribution < 1.29 is 46.1 Å². The van der Waals surface area contributed by atoms with Gasteiger partial charge in [-0.15, -0.1) is 24.0 Å².